The first-order valence-corrected chi connectivity index (χ1v) is 18.6. The van der Waals surface area contributed by atoms with Gasteiger partial charge in [-0.3, -0.25) is 5.04 Å². The Morgan fingerprint density at radius 2 is 1.25 bits per heavy atom. The van der Waals surface area contributed by atoms with E-state index in [1.165, 1.54) is 0 Å². The van der Waals surface area contributed by atoms with E-state index in [1.807, 2.05) is 0 Å². The van der Waals surface area contributed by atoms with Crippen LogP contribution in [-0.4, -0.2) is 180 Å². The minimum absolute atomic E-state index is 0. The summed E-state index contributed by atoms with van der Waals surface area (Å²) < 4.78 is 53.8. The van der Waals surface area contributed by atoms with Crippen LogP contribution < -0.4 is 144 Å². The number of aliphatic carboxylic acids is 3. The Labute approximate surface area is 445 Å². The second-order valence-corrected chi connectivity index (χ2v) is 16.2. The first-order valence-electron chi connectivity index (χ1n) is 17.8. The van der Waals surface area contributed by atoms with E-state index in [1.54, 1.807) is 41.5 Å². The van der Waals surface area contributed by atoms with Gasteiger partial charge in [0.1, 0.15) is 62.1 Å². The Kier molecular flexibility index (Phi) is 32.6. The molecular weight excluding hydrogens is 886 g/mol. The molecule has 3 rings (SSSR count). The Bertz CT molecular complexity index is 1300. The molecular formula is C32H55N3Na4O21S+2. The van der Waals surface area contributed by atoms with Gasteiger partial charge in [-0.15, -0.1) is 0 Å². The molecule has 332 valence electrons. The fourth-order valence-corrected chi connectivity index (χ4v) is 7.22. The van der Waals surface area contributed by atoms with E-state index in [2.05, 4.69) is 19.4 Å². The fraction of sp³-hybridized carbons (Fsp3) is 0.906. The maximum absolute atomic E-state index is 11.8. The molecule has 3 saturated heterocycles. The van der Waals surface area contributed by atoms with Crippen molar-refractivity contribution >= 4 is 30.1 Å². The Balaban J connectivity index is 0. The molecule has 0 aromatic heterocycles. The second kappa shape index (κ2) is 30.5. The third-order valence-corrected chi connectivity index (χ3v) is 9.60. The van der Waals surface area contributed by atoms with E-state index in [0.717, 1.165) is 0 Å². The fourth-order valence-electron chi connectivity index (χ4n) is 6.79. The number of hydrogen-bond donors (Lipinski definition) is 9. The summed E-state index contributed by atoms with van der Waals surface area (Å²) in [6.07, 6.45) is -16.4. The van der Waals surface area contributed by atoms with Gasteiger partial charge in [-0.05, 0) is 26.2 Å². The number of aliphatic hydroxyl groups excluding tert-OH is 4. The maximum atomic E-state index is 11.8. The number of carbonyl (C=O) groups is 3. The number of nitrogens with two attached hydrogens (primary N) is 1. The molecule has 15 unspecified atom stereocenters. The van der Waals surface area contributed by atoms with Crippen LogP contribution in [0.4, 0.5) is 0 Å². The molecule has 3 fully saturated rings. The zero-order valence-corrected chi connectivity index (χ0v) is 45.0. The summed E-state index contributed by atoms with van der Waals surface area (Å²) in [4.78, 5) is 34.0. The second-order valence-electron chi connectivity index (χ2n) is 15.6. The summed E-state index contributed by atoms with van der Waals surface area (Å²) in [5.41, 5.74) is 4.85. The van der Waals surface area contributed by atoms with Crippen molar-refractivity contribution in [2.45, 2.75) is 133 Å². The zero-order chi connectivity index (χ0) is 42.8. The van der Waals surface area contributed by atoms with Crippen LogP contribution in [0, 0.1) is 11.3 Å². The molecule has 24 nitrogen and oxygen atoms in total. The van der Waals surface area contributed by atoms with Gasteiger partial charge in [0, 0.05) is 12.5 Å². The van der Waals surface area contributed by atoms with E-state index >= 15 is 0 Å². The van der Waals surface area contributed by atoms with Crippen LogP contribution in [0.2, 0.25) is 0 Å². The predicted molar refractivity (Wildman–Crippen MR) is 183 cm³/mol. The molecule has 0 aliphatic carbocycles. The molecule has 10 N–H and O–H groups in total. The number of hydrogen-bond acceptors (Lipinski definition) is 23. The summed E-state index contributed by atoms with van der Waals surface area (Å²) >= 11 is 0.256. The Morgan fingerprint density at radius 1 is 0.754 bits per heavy atom. The van der Waals surface area contributed by atoms with Crippen LogP contribution in [0.5, 0.6) is 0 Å². The third kappa shape index (κ3) is 20.3. The molecule has 0 bridgehead atoms. The van der Waals surface area contributed by atoms with Crippen LogP contribution in [0.3, 0.4) is 0 Å². The van der Waals surface area contributed by atoms with Crippen LogP contribution in [-0.2, 0) is 61.7 Å². The van der Waals surface area contributed by atoms with Gasteiger partial charge in [0.05, 0.1) is 61.7 Å². The van der Waals surface area contributed by atoms with Crippen LogP contribution >= 0.6 is 12.2 Å². The Morgan fingerprint density at radius 3 is 1.74 bits per heavy atom. The van der Waals surface area contributed by atoms with Crippen molar-refractivity contribution in [3.63, 3.8) is 0 Å². The standard InChI is InChI=1S/C32H57N3O21S.4Na/c1-31(2,3)19-14(9-47-11-17(39)40)50-28(20(33)23(19)43)52-26-13(8-36)49-29(21(24(26)44)34-7-16(37)38)53-27-15(10-48-12-18(41)42)51-30(54-32(4,5)6)22(25(27)45)35-57-56-55-46;;;;/h13-15,19-30,34-36,43-46H,7-12,33H2,1-6H3,(H,37,38)(H,39,40)(H,41,42);;;;/q;4*+1/p-2. The van der Waals surface area contributed by atoms with Gasteiger partial charge in [-0.25, -0.2) is 14.3 Å². The van der Waals surface area contributed by atoms with Crippen molar-refractivity contribution in [3.8, 4) is 0 Å². The summed E-state index contributed by atoms with van der Waals surface area (Å²) in [5, 5.41) is 91.5. The summed E-state index contributed by atoms with van der Waals surface area (Å²) in [6, 6.07) is -4.13. The average molecular weight is 942 g/mol. The van der Waals surface area contributed by atoms with Gasteiger partial charge in [-0.2, -0.15) is 4.33 Å². The van der Waals surface area contributed by atoms with Gasteiger partial charge in [-0.1, -0.05) is 20.8 Å². The average Bonchev–Trinajstić information content (AvgIpc) is 3.08. The molecule has 0 saturated carbocycles. The number of carbonyl (C=O) groups excluding carboxylic acids is 1. The number of carboxylic acid groups (broad SMARTS) is 3. The summed E-state index contributed by atoms with van der Waals surface area (Å²) in [6.45, 7) is 6.38. The minimum atomic E-state index is -1.83. The molecule has 3 aliphatic heterocycles. The number of rotatable bonds is 21. The SMILES string of the molecule is CC(C)(C)OC1OC(COCC(=O)O)C(OC2OC(CO)C(OC3OC(COCC(=O)O)C(C(C)(C)C)C(O)C3N)C(O)C2NCC(=O)[O-])C(O)C1NSOO[O-].[Na+].[Na+].[Na+].[Na+]. The van der Waals surface area contributed by atoms with E-state index in [9.17, 15) is 45.2 Å². The summed E-state index contributed by atoms with van der Waals surface area (Å²) in [7, 11) is 0. The van der Waals surface area contributed by atoms with Crippen molar-refractivity contribution in [1.82, 2.24) is 10.0 Å². The van der Waals surface area contributed by atoms with E-state index in [4.69, 9.17) is 53.8 Å². The molecule has 0 amide bonds. The Hall–Kier alpha value is 2.04. The van der Waals surface area contributed by atoms with Crippen molar-refractivity contribution in [3.05, 3.63) is 0 Å². The van der Waals surface area contributed by atoms with Crippen LogP contribution in [0.25, 0.3) is 0 Å². The van der Waals surface area contributed by atoms with E-state index in [-0.39, 0.29) is 137 Å². The molecule has 29 heteroatoms. The topological polar surface area (TPSA) is 361 Å². The third-order valence-electron chi connectivity index (χ3n) is 9.11. The molecule has 61 heavy (non-hydrogen) atoms. The van der Waals surface area contributed by atoms with Gasteiger partial charge >= 0.3 is 130 Å². The first kappa shape index (κ1) is 65.1. The van der Waals surface area contributed by atoms with Gasteiger partial charge in [0.2, 0.25) is 0 Å². The monoisotopic (exact) mass is 941 g/mol. The smallest absolute Gasteiger partial charge is 0.691 e. The van der Waals surface area contributed by atoms with Crippen LogP contribution in [0.1, 0.15) is 41.5 Å². The quantitative estimate of drug-likeness (QED) is 0.0129. The van der Waals surface area contributed by atoms with Crippen molar-refractivity contribution in [2.24, 2.45) is 17.1 Å². The van der Waals surface area contributed by atoms with Crippen molar-refractivity contribution < 1.29 is 221 Å². The zero-order valence-electron chi connectivity index (χ0n) is 36.2. The number of aliphatic hydroxyl groups is 4. The maximum Gasteiger partial charge on any atom is 1.00 e. The predicted octanol–water partition coefficient (Wildman–Crippen LogP) is -17.5. The normalized spacial score (nSPS) is 34.1. The number of nitrogens with one attached hydrogen (secondary N) is 2. The van der Waals surface area contributed by atoms with Crippen molar-refractivity contribution in [2.75, 3.05) is 39.6 Å². The van der Waals surface area contributed by atoms with Gasteiger partial charge in [0.15, 0.2) is 18.9 Å². The summed E-state index contributed by atoms with van der Waals surface area (Å²) in [5.74, 6) is -4.90. The largest absolute Gasteiger partial charge is 1.00 e. The van der Waals surface area contributed by atoms with Crippen molar-refractivity contribution in [1.29, 1.82) is 0 Å². The van der Waals surface area contributed by atoms with Gasteiger partial charge in [0.25, 0.3) is 0 Å². The molecule has 15 atom stereocenters. The minimum Gasteiger partial charge on any atom is -0.691 e. The number of ether oxygens (including phenoxy) is 8. The van der Waals surface area contributed by atoms with Gasteiger partial charge < -0.3 is 94.7 Å². The molecule has 3 aliphatic rings. The molecule has 0 aromatic rings. The molecule has 0 radical (unpaired) electrons. The molecule has 3 heterocycles. The van der Waals surface area contributed by atoms with E-state index < -0.39 is 154 Å². The van der Waals surface area contributed by atoms with E-state index in [0.29, 0.717) is 0 Å². The molecule has 0 spiro atoms. The molecule has 0 aromatic carbocycles. The van der Waals surface area contributed by atoms with Crippen LogP contribution in [0.15, 0.2) is 0 Å². The number of carboxylic acids is 3. The first-order chi connectivity index (χ1) is 26.6.